The molecule has 154 valence electrons. The number of aromatic nitrogens is 2. The molecule has 1 aromatic carbocycles. The summed E-state index contributed by atoms with van der Waals surface area (Å²) in [6.07, 6.45) is 7.08. The fourth-order valence-electron chi connectivity index (χ4n) is 4.62. The van der Waals surface area contributed by atoms with Gasteiger partial charge in [0.25, 0.3) is 11.8 Å². The number of anilines is 1. The van der Waals surface area contributed by atoms with E-state index in [4.69, 9.17) is 0 Å². The van der Waals surface area contributed by atoms with Gasteiger partial charge in [-0.15, -0.1) is 0 Å². The Labute approximate surface area is 172 Å². The van der Waals surface area contributed by atoms with Gasteiger partial charge in [-0.1, -0.05) is 25.1 Å². The minimum absolute atomic E-state index is 0.00335. The molecule has 1 saturated heterocycles. The number of carbonyl (C=O) groups excluding carboxylic acids is 2. The van der Waals surface area contributed by atoms with Gasteiger partial charge in [0.05, 0.1) is 5.69 Å². The topological polar surface area (TPSA) is 58.4 Å². The van der Waals surface area contributed by atoms with Gasteiger partial charge in [-0.25, -0.2) is 4.98 Å². The molecule has 2 amide bonds. The van der Waals surface area contributed by atoms with Crippen molar-refractivity contribution in [3.8, 4) is 0 Å². The van der Waals surface area contributed by atoms with E-state index in [0.29, 0.717) is 11.5 Å². The second kappa shape index (κ2) is 8.39. The van der Waals surface area contributed by atoms with Gasteiger partial charge in [-0.2, -0.15) is 0 Å². The van der Waals surface area contributed by atoms with Crippen molar-refractivity contribution in [1.29, 1.82) is 0 Å². The van der Waals surface area contributed by atoms with Crippen LogP contribution in [0.4, 0.5) is 5.69 Å². The van der Waals surface area contributed by atoms with Crippen LogP contribution in [0.1, 0.15) is 72.3 Å². The van der Waals surface area contributed by atoms with Gasteiger partial charge < -0.3 is 14.4 Å². The molecule has 6 heteroatoms. The van der Waals surface area contributed by atoms with Crippen LogP contribution in [0.15, 0.2) is 30.3 Å². The number of piperidine rings is 1. The lowest BCUT2D eigenvalue weighted by Gasteiger charge is -2.35. The minimum Gasteiger partial charge on any atom is -0.334 e. The van der Waals surface area contributed by atoms with Gasteiger partial charge in [0.15, 0.2) is 0 Å². The highest BCUT2D eigenvalue weighted by molar-refractivity contribution is 6.05. The Morgan fingerprint density at radius 3 is 2.62 bits per heavy atom. The number of benzene rings is 1. The first-order valence-corrected chi connectivity index (χ1v) is 10.8. The standard InChI is InChI=1S/C23H30N4O2/c1-3-17-11-7-9-15-26(17)22(28)20-19-14-8-10-16-27(19)21(24-20)23(29)25(2)18-12-5-4-6-13-18/h4-6,12-13,17H,3,7-11,14-16H2,1-2H3. The molecular weight excluding hydrogens is 364 g/mol. The second-order valence-corrected chi connectivity index (χ2v) is 8.10. The van der Waals surface area contributed by atoms with Crippen LogP contribution in [0.2, 0.25) is 0 Å². The van der Waals surface area contributed by atoms with Gasteiger partial charge >= 0.3 is 0 Å². The van der Waals surface area contributed by atoms with Gasteiger partial charge in [-0.3, -0.25) is 9.59 Å². The summed E-state index contributed by atoms with van der Waals surface area (Å²) in [5.74, 6) is 0.229. The van der Waals surface area contributed by atoms with Crippen LogP contribution in [-0.2, 0) is 13.0 Å². The molecule has 0 radical (unpaired) electrons. The third-order valence-electron chi connectivity index (χ3n) is 6.32. The zero-order valence-electron chi connectivity index (χ0n) is 17.4. The Morgan fingerprint density at radius 1 is 1.10 bits per heavy atom. The first-order chi connectivity index (χ1) is 14.1. The number of fused-ring (bicyclic) bond motifs is 1. The summed E-state index contributed by atoms with van der Waals surface area (Å²) in [4.78, 5) is 35.0. The number of rotatable bonds is 4. The van der Waals surface area contributed by atoms with Crippen LogP contribution in [0.3, 0.4) is 0 Å². The van der Waals surface area contributed by atoms with E-state index in [1.54, 1.807) is 11.9 Å². The Kier molecular flexibility index (Phi) is 5.69. The average molecular weight is 395 g/mol. The largest absolute Gasteiger partial charge is 0.334 e. The van der Waals surface area contributed by atoms with Crippen molar-refractivity contribution in [2.45, 2.75) is 64.5 Å². The van der Waals surface area contributed by atoms with Gasteiger partial charge in [0.2, 0.25) is 5.82 Å². The lowest BCUT2D eigenvalue weighted by Crippen LogP contribution is -2.44. The molecule has 6 nitrogen and oxygen atoms in total. The van der Waals surface area contributed by atoms with Crippen molar-refractivity contribution in [2.75, 3.05) is 18.5 Å². The summed E-state index contributed by atoms with van der Waals surface area (Å²) in [5.41, 5.74) is 2.25. The lowest BCUT2D eigenvalue weighted by atomic mass is 9.99. The van der Waals surface area contributed by atoms with E-state index in [-0.39, 0.29) is 17.9 Å². The zero-order chi connectivity index (χ0) is 20.4. The molecule has 1 fully saturated rings. The first kappa shape index (κ1) is 19.7. The van der Waals surface area contributed by atoms with Crippen molar-refractivity contribution in [1.82, 2.24) is 14.5 Å². The summed E-state index contributed by atoms with van der Waals surface area (Å²) in [5, 5.41) is 0. The molecule has 2 aliphatic heterocycles. The van der Waals surface area contributed by atoms with Gasteiger partial charge in [0.1, 0.15) is 5.69 Å². The van der Waals surface area contributed by atoms with E-state index >= 15 is 0 Å². The summed E-state index contributed by atoms with van der Waals surface area (Å²) >= 11 is 0. The second-order valence-electron chi connectivity index (χ2n) is 8.10. The number of imidazole rings is 1. The SMILES string of the molecule is CCC1CCCCN1C(=O)c1nc(C(=O)N(C)c2ccccc2)n2c1CCCC2. The van der Waals surface area contributed by atoms with Crippen LogP contribution in [-0.4, -0.2) is 45.9 Å². The number of likely N-dealkylation sites (tertiary alicyclic amines) is 1. The molecule has 1 atom stereocenters. The smallest absolute Gasteiger partial charge is 0.294 e. The number of hydrogen-bond acceptors (Lipinski definition) is 3. The van der Waals surface area contributed by atoms with Crippen LogP contribution < -0.4 is 4.90 Å². The van der Waals surface area contributed by atoms with E-state index in [2.05, 4.69) is 11.9 Å². The highest BCUT2D eigenvalue weighted by atomic mass is 16.2. The molecule has 0 saturated carbocycles. The predicted octanol–water partition coefficient (Wildman–Crippen LogP) is 3.90. The van der Waals surface area contributed by atoms with E-state index in [0.717, 1.165) is 63.0 Å². The van der Waals surface area contributed by atoms with E-state index in [1.807, 2.05) is 39.8 Å². The summed E-state index contributed by atoms with van der Waals surface area (Å²) in [6, 6.07) is 9.85. The molecule has 1 unspecified atom stereocenters. The molecule has 2 aliphatic rings. The molecule has 0 aliphatic carbocycles. The summed E-state index contributed by atoms with van der Waals surface area (Å²) in [6.45, 7) is 3.68. The fourth-order valence-corrected chi connectivity index (χ4v) is 4.62. The van der Waals surface area contributed by atoms with Crippen molar-refractivity contribution >= 4 is 17.5 Å². The fraction of sp³-hybridized carbons (Fsp3) is 0.522. The highest BCUT2D eigenvalue weighted by Crippen LogP contribution is 2.27. The van der Waals surface area contributed by atoms with Crippen LogP contribution >= 0.6 is 0 Å². The van der Waals surface area contributed by atoms with Crippen molar-refractivity contribution in [2.24, 2.45) is 0 Å². The van der Waals surface area contributed by atoms with E-state index in [9.17, 15) is 9.59 Å². The number of hydrogen-bond donors (Lipinski definition) is 0. The van der Waals surface area contributed by atoms with E-state index < -0.39 is 0 Å². The van der Waals surface area contributed by atoms with Crippen molar-refractivity contribution < 1.29 is 9.59 Å². The average Bonchev–Trinajstić information content (AvgIpc) is 3.18. The predicted molar refractivity (Wildman–Crippen MR) is 113 cm³/mol. The Bertz CT molecular complexity index is 890. The number of para-hydroxylation sites is 1. The molecule has 2 aromatic rings. The zero-order valence-corrected chi connectivity index (χ0v) is 17.4. The van der Waals surface area contributed by atoms with Crippen molar-refractivity contribution in [3.05, 3.63) is 47.5 Å². The highest BCUT2D eigenvalue weighted by Gasteiger charge is 2.34. The van der Waals surface area contributed by atoms with E-state index in [1.165, 1.54) is 6.42 Å². The molecule has 0 bridgehead atoms. The molecule has 0 N–H and O–H groups in total. The normalized spacial score (nSPS) is 19.0. The number of nitrogens with zero attached hydrogens (tertiary/aromatic N) is 4. The molecule has 1 aromatic heterocycles. The Balaban J connectivity index is 1.69. The molecule has 4 rings (SSSR count). The first-order valence-electron chi connectivity index (χ1n) is 10.8. The lowest BCUT2D eigenvalue weighted by molar-refractivity contribution is 0.0600. The van der Waals surface area contributed by atoms with Crippen LogP contribution in [0.5, 0.6) is 0 Å². The monoisotopic (exact) mass is 394 g/mol. The van der Waals surface area contributed by atoms with Gasteiger partial charge in [-0.05, 0) is 57.1 Å². The van der Waals surface area contributed by atoms with Gasteiger partial charge in [0, 0.05) is 31.9 Å². The minimum atomic E-state index is -0.163. The summed E-state index contributed by atoms with van der Waals surface area (Å²) in [7, 11) is 1.77. The third-order valence-corrected chi connectivity index (χ3v) is 6.32. The van der Waals surface area contributed by atoms with Crippen LogP contribution in [0, 0.1) is 0 Å². The third kappa shape index (κ3) is 3.68. The maximum atomic E-state index is 13.4. The molecule has 3 heterocycles. The molecule has 0 spiro atoms. The number of carbonyl (C=O) groups is 2. The number of amides is 2. The molecule has 29 heavy (non-hydrogen) atoms. The Morgan fingerprint density at radius 2 is 1.86 bits per heavy atom. The quantitative estimate of drug-likeness (QED) is 0.790. The maximum Gasteiger partial charge on any atom is 0.294 e. The van der Waals surface area contributed by atoms with Crippen molar-refractivity contribution in [3.63, 3.8) is 0 Å². The summed E-state index contributed by atoms with van der Waals surface area (Å²) < 4.78 is 1.99. The molecular formula is C23H30N4O2. The van der Waals surface area contributed by atoms with Crippen LogP contribution in [0.25, 0.3) is 0 Å². The Hall–Kier alpha value is -2.63. The maximum absolute atomic E-state index is 13.4.